The molecule has 0 fully saturated rings. The summed E-state index contributed by atoms with van der Waals surface area (Å²) in [4.78, 5) is 16.5. The van der Waals surface area contributed by atoms with E-state index in [1.165, 1.54) is 4.68 Å². The van der Waals surface area contributed by atoms with Gasteiger partial charge >= 0.3 is 0 Å². The van der Waals surface area contributed by atoms with E-state index < -0.39 is 0 Å². The van der Waals surface area contributed by atoms with E-state index in [-0.39, 0.29) is 18.1 Å². The van der Waals surface area contributed by atoms with Gasteiger partial charge in [0.25, 0.3) is 5.91 Å². The van der Waals surface area contributed by atoms with Crippen LogP contribution in [0.3, 0.4) is 0 Å². The Hall–Kier alpha value is -2.40. The molecule has 0 bridgehead atoms. The molecule has 5 nitrogen and oxygen atoms in total. The predicted octanol–water partition coefficient (Wildman–Crippen LogP) is 2.55. The van der Waals surface area contributed by atoms with Crippen LogP contribution < -0.4 is 5.73 Å². The van der Waals surface area contributed by atoms with Crippen molar-refractivity contribution in [3.63, 3.8) is 0 Å². The van der Waals surface area contributed by atoms with Crippen molar-refractivity contribution < 1.29 is 4.79 Å². The van der Waals surface area contributed by atoms with Crippen LogP contribution in [-0.4, -0.2) is 20.7 Å². The minimum Gasteiger partial charge on any atom is -0.380 e. The van der Waals surface area contributed by atoms with Gasteiger partial charge in [-0.1, -0.05) is 23.7 Å². The molecule has 0 aliphatic carbocycles. The molecule has 0 aliphatic rings. The minimum absolute atomic E-state index is 0.179. The highest BCUT2D eigenvalue weighted by Crippen LogP contribution is 2.18. The van der Waals surface area contributed by atoms with Crippen LogP contribution in [0.2, 0.25) is 5.02 Å². The first-order valence-corrected chi connectivity index (χ1v) is 6.40. The lowest BCUT2D eigenvalue weighted by Gasteiger charge is -2.03. The number of hydrogen-bond donors (Lipinski definition) is 1. The lowest BCUT2D eigenvalue weighted by atomic mass is 10.1. The van der Waals surface area contributed by atoms with Gasteiger partial charge in [-0.3, -0.25) is 9.78 Å². The molecule has 100 valence electrons. The maximum absolute atomic E-state index is 12.3. The van der Waals surface area contributed by atoms with Gasteiger partial charge in [0.2, 0.25) is 0 Å². The SMILES string of the molecule is Nc1nn(C(=O)Cc2cccc(Cl)c2)c2cccnc12. The Kier molecular flexibility index (Phi) is 3.12. The quantitative estimate of drug-likeness (QED) is 0.785. The number of carbonyl (C=O) groups excluding carboxylic acids is 1. The molecule has 0 unspecified atom stereocenters. The van der Waals surface area contributed by atoms with Crippen molar-refractivity contribution in [1.29, 1.82) is 0 Å². The molecular formula is C14H11ClN4O. The number of nitrogen functional groups attached to an aromatic ring is 1. The zero-order valence-electron chi connectivity index (χ0n) is 10.5. The zero-order valence-corrected chi connectivity index (χ0v) is 11.2. The van der Waals surface area contributed by atoms with E-state index in [1.54, 1.807) is 30.5 Å². The minimum atomic E-state index is -0.179. The molecule has 6 heteroatoms. The third kappa shape index (κ3) is 2.23. The van der Waals surface area contributed by atoms with Gasteiger partial charge in [0.15, 0.2) is 5.82 Å². The summed E-state index contributed by atoms with van der Waals surface area (Å²) in [5, 5.41) is 4.66. The van der Waals surface area contributed by atoms with Crippen LogP contribution in [0.25, 0.3) is 11.0 Å². The molecule has 2 N–H and O–H groups in total. The van der Waals surface area contributed by atoms with Gasteiger partial charge in [-0.25, -0.2) is 0 Å². The average Bonchev–Trinajstić information content (AvgIpc) is 2.77. The van der Waals surface area contributed by atoms with Crippen molar-refractivity contribution in [2.45, 2.75) is 6.42 Å². The second-order valence-electron chi connectivity index (χ2n) is 4.37. The first kappa shape index (κ1) is 12.6. The van der Waals surface area contributed by atoms with Crippen molar-refractivity contribution in [3.05, 3.63) is 53.2 Å². The second-order valence-corrected chi connectivity index (χ2v) is 4.81. The van der Waals surface area contributed by atoms with Gasteiger partial charge in [0.1, 0.15) is 5.52 Å². The molecule has 2 heterocycles. The molecule has 3 aromatic rings. The fourth-order valence-electron chi connectivity index (χ4n) is 2.06. The molecule has 3 rings (SSSR count). The second kappa shape index (κ2) is 4.94. The van der Waals surface area contributed by atoms with Crippen molar-refractivity contribution in [1.82, 2.24) is 14.8 Å². The summed E-state index contributed by atoms with van der Waals surface area (Å²) >= 11 is 5.91. The number of nitrogens with two attached hydrogens (primary N) is 1. The maximum Gasteiger partial charge on any atom is 0.251 e. The van der Waals surface area contributed by atoms with Crippen molar-refractivity contribution in [3.8, 4) is 0 Å². The number of rotatable bonds is 2. The Morgan fingerprint density at radius 3 is 2.95 bits per heavy atom. The normalized spacial score (nSPS) is 10.8. The summed E-state index contributed by atoms with van der Waals surface area (Å²) in [5.74, 6) is 0.0713. The number of aromatic nitrogens is 3. The molecule has 2 aromatic heterocycles. The van der Waals surface area contributed by atoms with Gasteiger partial charge in [-0.05, 0) is 29.8 Å². The van der Waals surface area contributed by atoms with Crippen LogP contribution in [0.5, 0.6) is 0 Å². The molecule has 0 aliphatic heterocycles. The first-order chi connectivity index (χ1) is 9.65. The van der Waals surface area contributed by atoms with Crippen LogP contribution in [0.4, 0.5) is 5.82 Å². The molecule has 0 saturated carbocycles. The van der Waals surface area contributed by atoms with Crippen LogP contribution in [-0.2, 0) is 6.42 Å². The summed E-state index contributed by atoms with van der Waals surface area (Å²) in [6.07, 6.45) is 1.82. The number of nitrogens with zero attached hydrogens (tertiary/aromatic N) is 3. The number of anilines is 1. The number of pyridine rings is 1. The van der Waals surface area contributed by atoms with Gasteiger partial charge in [0, 0.05) is 11.2 Å². The predicted molar refractivity (Wildman–Crippen MR) is 77.7 cm³/mol. The first-order valence-electron chi connectivity index (χ1n) is 6.02. The molecule has 1 aromatic carbocycles. The Morgan fingerprint density at radius 1 is 1.30 bits per heavy atom. The van der Waals surface area contributed by atoms with E-state index in [4.69, 9.17) is 17.3 Å². The summed E-state index contributed by atoms with van der Waals surface area (Å²) in [5.41, 5.74) is 7.73. The number of carbonyl (C=O) groups is 1. The molecule has 0 spiro atoms. The smallest absolute Gasteiger partial charge is 0.251 e. The summed E-state index contributed by atoms with van der Waals surface area (Å²) in [6.45, 7) is 0. The van der Waals surface area contributed by atoms with Crippen molar-refractivity contribution in [2.75, 3.05) is 5.73 Å². The van der Waals surface area contributed by atoms with E-state index in [0.29, 0.717) is 16.1 Å². The van der Waals surface area contributed by atoms with E-state index >= 15 is 0 Å². The van der Waals surface area contributed by atoms with E-state index in [0.717, 1.165) is 5.56 Å². The molecular weight excluding hydrogens is 276 g/mol. The highest BCUT2D eigenvalue weighted by Gasteiger charge is 2.15. The molecule has 20 heavy (non-hydrogen) atoms. The van der Waals surface area contributed by atoms with Crippen LogP contribution in [0.15, 0.2) is 42.6 Å². The average molecular weight is 287 g/mol. The summed E-state index contributed by atoms with van der Waals surface area (Å²) in [7, 11) is 0. The van der Waals surface area contributed by atoms with E-state index in [1.807, 2.05) is 12.1 Å². The number of benzene rings is 1. The monoisotopic (exact) mass is 286 g/mol. The lowest BCUT2D eigenvalue weighted by molar-refractivity contribution is 0.0904. The fourth-order valence-corrected chi connectivity index (χ4v) is 2.27. The van der Waals surface area contributed by atoms with Gasteiger partial charge < -0.3 is 5.73 Å². The third-order valence-electron chi connectivity index (χ3n) is 2.95. The van der Waals surface area contributed by atoms with Crippen LogP contribution in [0.1, 0.15) is 10.4 Å². The fraction of sp³-hybridized carbons (Fsp3) is 0.0714. The van der Waals surface area contributed by atoms with Gasteiger partial charge in [-0.15, -0.1) is 5.10 Å². The standard InChI is InChI=1S/C14H11ClN4O/c15-10-4-1-3-9(7-10)8-12(20)19-11-5-2-6-17-13(11)14(16)18-19/h1-7H,8H2,(H2,16,18). The maximum atomic E-state index is 12.3. The highest BCUT2D eigenvalue weighted by molar-refractivity contribution is 6.30. The van der Waals surface area contributed by atoms with Crippen molar-refractivity contribution >= 4 is 34.4 Å². The Bertz CT molecular complexity index is 797. The number of halogens is 1. The number of hydrogen-bond acceptors (Lipinski definition) is 4. The van der Waals surface area contributed by atoms with Gasteiger partial charge in [-0.2, -0.15) is 4.68 Å². The van der Waals surface area contributed by atoms with Gasteiger partial charge in [0.05, 0.1) is 11.9 Å². The van der Waals surface area contributed by atoms with E-state index in [9.17, 15) is 4.79 Å². The van der Waals surface area contributed by atoms with E-state index in [2.05, 4.69) is 10.1 Å². The van der Waals surface area contributed by atoms with Crippen LogP contribution in [0, 0.1) is 0 Å². The highest BCUT2D eigenvalue weighted by atomic mass is 35.5. The molecule has 0 saturated heterocycles. The molecule has 0 atom stereocenters. The van der Waals surface area contributed by atoms with Crippen LogP contribution >= 0.6 is 11.6 Å². The Balaban J connectivity index is 1.97. The summed E-state index contributed by atoms with van der Waals surface area (Å²) < 4.78 is 1.29. The lowest BCUT2D eigenvalue weighted by Crippen LogP contribution is -2.15. The molecule has 0 amide bonds. The third-order valence-corrected chi connectivity index (χ3v) is 3.18. The largest absolute Gasteiger partial charge is 0.380 e. The zero-order chi connectivity index (χ0) is 14.1. The summed E-state index contributed by atoms with van der Waals surface area (Å²) in [6, 6.07) is 10.7. The topological polar surface area (TPSA) is 73.8 Å². The Labute approximate surface area is 120 Å². The Morgan fingerprint density at radius 2 is 2.15 bits per heavy atom. The van der Waals surface area contributed by atoms with Crippen molar-refractivity contribution in [2.24, 2.45) is 0 Å². The molecule has 0 radical (unpaired) electrons. The number of fused-ring (bicyclic) bond motifs is 1.